The Balaban J connectivity index is 2.23. The average Bonchev–Trinajstić information content (AvgIpc) is 2.32. The van der Waals surface area contributed by atoms with Gasteiger partial charge in [0.1, 0.15) is 0 Å². The van der Waals surface area contributed by atoms with Crippen molar-refractivity contribution in [2.24, 2.45) is 5.92 Å². The third-order valence-electron chi connectivity index (χ3n) is 2.91. The molecule has 0 saturated carbocycles. The minimum atomic E-state index is -1.18. The lowest BCUT2D eigenvalue weighted by Crippen LogP contribution is -2.37. The first-order valence-electron chi connectivity index (χ1n) is 7.14. The van der Waals surface area contributed by atoms with E-state index in [9.17, 15) is 0 Å². The molecule has 1 aromatic carbocycles. The van der Waals surface area contributed by atoms with Crippen molar-refractivity contribution < 1.29 is 9.47 Å². The van der Waals surface area contributed by atoms with Gasteiger partial charge >= 0.3 is 0 Å². The molecule has 0 aliphatic heterocycles. The maximum absolute atomic E-state index is 5.61. The van der Waals surface area contributed by atoms with Crippen LogP contribution in [0, 0.1) is 5.92 Å². The van der Waals surface area contributed by atoms with Gasteiger partial charge in [-0.1, -0.05) is 62.9 Å². The number of rotatable bonds is 8. The fourth-order valence-electron chi connectivity index (χ4n) is 1.73. The van der Waals surface area contributed by atoms with Gasteiger partial charge in [0.2, 0.25) is 0 Å². The fraction of sp³-hybridized carbons (Fsp3) is 0.625. The Kier molecular flexibility index (Phi) is 6.76. The molecule has 108 valence electrons. The normalized spacial score (nSPS) is 12.1. The lowest BCUT2D eigenvalue weighted by Gasteiger charge is -2.16. The van der Waals surface area contributed by atoms with E-state index >= 15 is 0 Å². The van der Waals surface area contributed by atoms with E-state index in [0.717, 1.165) is 6.61 Å². The molecule has 0 bridgehead atoms. The van der Waals surface area contributed by atoms with Crippen LogP contribution in [0.25, 0.3) is 0 Å². The van der Waals surface area contributed by atoms with Gasteiger partial charge in [0.25, 0.3) is 0 Å². The van der Waals surface area contributed by atoms with Gasteiger partial charge in [-0.25, -0.2) is 0 Å². The molecule has 0 fully saturated rings. The minimum absolute atomic E-state index is 0.592. The monoisotopic (exact) mass is 280 g/mol. The summed E-state index contributed by atoms with van der Waals surface area (Å²) in [6.45, 7) is 14.3. The molecule has 0 saturated heterocycles. The minimum Gasteiger partial charge on any atom is -0.379 e. The molecule has 0 aromatic heterocycles. The van der Waals surface area contributed by atoms with Gasteiger partial charge in [0.15, 0.2) is 0 Å². The van der Waals surface area contributed by atoms with Gasteiger partial charge in [-0.3, -0.25) is 0 Å². The quantitative estimate of drug-likeness (QED) is 0.536. The summed E-state index contributed by atoms with van der Waals surface area (Å²) in [5.74, 6) is 0.592. The second-order valence-electron chi connectivity index (χ2n) is 6.47. The molecule has 0 unspecified atom stereocenters. The highest BCUT2D eigenvalue weighted by molar-refractivity contribution is 6.88. The van der Waals surface area contributed by atoms with Crippen LogP contribution < -0.4 is 5.19 Å². The maximum Gasteiger partial charge on any atom is 0.0775 e. The van der Waals surface area contributed by atoms with Crippen LogP contribution in [-0.2, 0) is 16.1 Å². The van der Waals surface area contributed by atoms with Crippen LogP contribution in [0.15, 0.2) is 24.3 Å². The predicted molar refractivity (Wildman–Crippen MR) is 84.7 cm³/mol. The van der Waals surface area contributed by atoms with Crippen LogP contribution in [0.4, 0.5) is 0 Å². The molecule has 0 atom stereocenters. The van der Waals surface area contributed by atoms with E-state index in [-0.39, 0.29) is 0 Å². The van der Waals surface area contributed by atoms with Crippen molar-refractivity contribution in [3.63, 3.8) is 0 Å². The molecule has 0 aliphatic rings. The summed E-state index contributed by atoms with van der Waals surface area (Å²) in [6, 6.07) is 8.87. The van der Waals surface area contributed by atoms with Crippen molar-refractivity contribution in [3.8, 4) is 0 Å². The molecule has 1 rings (SSSR count). The largest absolute Gasteiger partial charge is 0.379 e. The van der Waals surface area contributed by atoms with Crippen LogP contribution in [0.3, 0.4) is 0 Å². The molecule has 0 spiro atoms. The number of hydrogen-bond acceptors (Lipinski definition) is 2. The first kappa shape index (κ1) is 16.4. The lowest BCUT2D eigenvalue weighted by molar-refractivity contribution is 0.0314. The second-order valence-corrected chi connectivity index (χ2v) is 11.5. The van der Waals surface area contributed by atoms with Gasteiger partial charge < -0.3 is 9.47 Å². The van der Waals surface area contributed by atoms with Crippen molar-refractivity contribution in [2.75, 3.05) is 19.8 Å². The van der Waals surface area contributed by atoms with Crippen LogP contribution in [-0.4, -0.2) is 27.9 Å². The standard InChI is InChI=1S/C16H28O2Si/c1-14(2)12-17-10-11-18-13-15-6-8-16(9-7-15)19(3,4)5/h6-9,14H,10-13H2,1-5H3. The van der Waals surface area contributed by atoms with Gasteiger partial charge in [-0.05, 0) is 11.5 Å². The van der Waals surface area contributed by atoms with Crippen molar-refractivity contribution in [3.05, 3.63) is 29.8 Å². The second kappa shape index (κ2) is 7.83. The molecule has 1 aromatic rings. The van der Waals surface area contributed by atoms with Gasteiger partial charge in [0, 0.05) is 6.61 Å². The summed E-state index contributed by atoms with van der Waals surface area (Å²) >= 11 is 0. The van der Waals surface area contributed by atoms with Crippen LogP contribution in [0.5, 0.6) is 0 Å². The highest BCUT2D eigenvalue weighted by atomic mass is 28.3. The van der Waals surface area contributed by atoms with E-state index in [1.54, 1.807) is 0 Å². The molecule has 19 heavy (non-hydrogen) atoms. The van der Waals surface area contributed by atoms with Crippen molar-refractivity contribution in [2.45, 2.75) is 40.1 Å². The number of ether oxygens (including phenoxy) is 2. The molecule has 0 radical (unpaired) electrons. The first-order chi connectivity index (χ1) is 8.89. The van der Waals surface area contributed by atoms with Crippen LogP contribution in [0.2, 0.25) is 19.6 Å². The number of benzene rings is 1. The molecule has 0 N–H and O–H groups in total. The van der Waals surface area contributed by atoms with Crippen molar-refractivity contribution in [1.29, 1.82) is 0 Å². The van der Waals surface area contributed by atoms with Gasteiger partial charge in [0.05, 0.1) is 27.9 Å². The van der Waals surface area contributed by atoms with E-state index < -0.39 is 8.07 Å². The Hall–Kier alpha value is -0.643. The highest BCUT2D eigenvalue weighted by Gasteiger charge is 2.15. The Morgan fingerprint density at radius 1 is 0.947 bits per heavy atom. The summed E-state index contributed by atoms with van der Waals surface area (Å²) in [4.78, 5) is 0. The zero-order chi connectivity index (χ0) is 14.3. The van der Waals surface area contributed by atoms with Crippen LogP contribution >= 0.6 is 0 Å². The van der Waals surface area contributed by atoms with Crippen molar-refractivity contribution >= 4 is 13.3 Å². The van der Waals surface area contributed by atoms with Gasteiger partial charge in [-0.15, -0.1) is 0 Å². The van der Waals surface area contributed by atoms with E-state index in [1.807, 2.05) is 0 Å². The molecular formula is C16H28O2Si. The third-order valence-corrected chi connectivity index (χ3v) is 4.98. The third kappa shape index (κ3) is 6.90. The van der Waals surface area contributed by atoms with Crippen LogP contribution in [0.1, 0.15) is 19.4 Å². The Morgan fingerprint density at radius 3 is 2.05 bits per heavy atom. The zero-order valence-corrected chi connectivity index (χ0v) is 14.0. The Bertz CT molecular complexity index is 352. The smallest absolute Gasteiger partial charge is 0.0775 e. The summed E-state index contributed by atoms with van der Waals surface area (Å²) < 4.78 is 11.1. The van der Waals surface area contributed by atoms with Gasteiger partial charge in [-0.2, -0.15) is 0 Å². The fourth-order valence-corrected chi connectivity index (χ4v) is 2.89. The SMILES string of the molecule is CC(C)COCCOCc1ccc([Si](C)(C)C)cc1. The van der Waals surface area contributed by atoms with Crippen molar-refractivity contribution in [1.82, 2.24) is 0 Å². The Labute approximate surface area is 119 Å². The molecule has 3 heteroatoms. The zero-order valence-electron chi connectivity index (χ0n) is 13.0. The first-order valence-corrected chi connectivity index (χ1v) is 10.6. The average molecular weight is 280 g/mol. The summed E-state index contributed by atoms with van der Waals surface area (Å²) in [5, 5.41) is 1.50. The lowest BCUT2D eigenvalue weighted by atomic mass is 10.2. The maximum atomic E-state index is 5.61. The molecule has 2 nitrogen and oxygen atoms in total. The topological polar surface area (TPSA) is 18.5 Å². The summed E-state index contributed by atoms with van der Waals surface area (Å²) in [7, 11) is -1.18. The molecule has 0 heterocycles. The van der Waals surface area contributed by atoms with E-state index in [2.05, 4.69) is 57.8 Å². The molecule has 0 aliphatic carbocycles. The highest BCUT2D eigenvalue weighted by Crippen LogP contribution is 2.05. The summed E-state index contributed by atoms with van der Waals surface area (Å²) in [5.41, 5.74) is 1.24. The van der Waals surface area contributed by atoms with E-state index in [4.69, 9.17) is 9.47 Å². The molecular weight excluding hydrogens is 252 g/mol. The predicted octanol–water partition coefficient (Wildman–Crippen LogP) is 3.42. The van der Waals surface area contributed by atoms with E-state index in [1.165, 1.54) is 10.8 Å². The molecule has 0 amide bonds. The number of hydrogen-bond donors (Lipinski definition) is 0. The van der Waals surface area contributed by atoms with E-state index in [0.29, 0.717) is 25.7 Å². The Morgan fingerprint density at radius 2 is 1.53 bits per heavy atom. The summed E-state index contributed by atoms with van der Waals surface area (Å²) in [6.07, 6.45) is 0.